The van der Waals surface area contributed by atoms with Gasteiger partial charge in [-0.1, -0.05) is 0 Å². The van der Waals surface area contributed by atoms with Gasteiger partial charge in [0.1, 0.15) is 11.2 Å². The van der Waals surface area contributed by atoms with E-state index >= 15 is 0 Å². The molecule has 4 heterocycles. The Labute approximate surface area is 155 Å². The van der Waals surface area contributed by atoms with Crippen molar-refractivity contribution < 1.29 is 14.6 Å². The summed E-state index contributed by atoms with van der Waals surface area (Å²) in [5, 5.41) is 17.6. The molecule has 0 aromatic carbocycles. The van der Waals surface area contributed by atoms with Gasteiger partial charge in [-0.3, -0.25) is 0 Å². The van der Waals surface area contributed by atoms with Gasteiger partial charge in [0, 0.05) is 17.8 Å². The van der Waals surface area contributed by atoms with Crippen molar-refractivity contribution in [3.8, 4) is 0 Å². The summed E-state index contributed by atoms with van der Waals surface area (Å²) in [6, 6.07) is 0. The summed E-state index contributed by atoms with van der Waals surface area (Å²) in [6.07, 6.45) is 2.58. The number of ether oxygens (including phenoxy) is 2. The SMILES string of the molecule is CC1(C)Cc2c(sc3ncn4nc(CNCCOCCO)nc4c23)CO1. The van der Waals surface area contributed by atoms with E-state index in [1.807, 2.05) is 0 Å². The van der Waals surface area contributed by atoms with E-state index in [4.69, 9.17) is 19.6 Å². The van der Waals surface area contributed by atoms with E-state index < -0.39 is 0 Å². The van der Waals surface area contributed by atoms with Crippen molar-refractivity contribution in [2.24, 2.45) is 0 Å². The van der Waals surface area contributed by atoms with Gasteiger partial charge in [-0.25, -0.2) is 14.5 Å². The van der Waals surface area contributed by atoms with E-state index in [0.29, 0.717) is 32.9 Å². The highest BCUT2D eigenvalue weighted by atomic mass is 32.1. The van der Waals surface area contributed by atoms with Gasteiger partial charge in [-0.05, 0) is 19.4 Å². The van der Waals surface area contributed by atoms with Gasteiger partial charge in [0.05, 0.1) is 44.0 Å². The Morgan fingerprint density at radius 1 is 1.42 bits per heavy atom. The minimum Gasteiger partial charge on any atom is -0.394 e. The van der Waals surface area contributed by atoms with E-state index in [9.17, 15) is 0 Å². The van der Waals surface area contributed by atoms with Crippen LogP contribution in [0, 0.1) is 0 Å². The molecular weight excluding hydrogens is 354 g/mol. The Bertz CT molecular complexity index is 920. The second kappa shape index (κ2) is 7.16. The third kappa shape index (κ3) is 3.45. The molecule has 4 rings (SSSR count). The van der Waals surface area contributed by atoms with Crippen LogP contribution in [0.2, 0.25) is 0 Å². The van der Waals surface area contributed by atoms with E-state index in [1.165, 1.54) is 10.4 Å². The number of aromatic nitrogens is 4. The Balaban J connectivity index is 1.58. The fraction of sp³-hybridized carbons (Fsp3) is 0.588. The molecule has 0 spiro atoms. The standard InChI is InChI=1S/C17H23N5O3S/c1-17(2)7-11-12(9-25-17)26-16-14(11)15-20-13(21-22(15)10-19-16)8-18-3-5-24-6-4-23/h10,18,23H,3-9H2,1-2H3. The summed E-state index contributed by atoms with van der Waals surface area (Å²) < 4.78 is 12.9. The number of rotatable bonds is 7. The van der Waals surface area contributed by atoms with Crippen molar-refractivity contribution in [1.29, 1.82) is 0 Å². The number of aliphatic hydroxyl groups excluding tert-OH is 1. The zero-order chi connectivity index (χ0) is 18.1. The number of nitrogens with zero attached hydrogens (tertiary/aromatic N) is 4. The molecule has 1 aliphatic heterocycles. The first kappa shape index (κ1) is 17.7. The van der Waals surface area contributed by atoms with Gasteiger partial charge in [0.25, 0.3) is 0 Å². The van der Waals surface area contributed by atoms with Crippen molar-refractivity contribution in [2.45, 2.75) is 39.0 Å². The van der Waals surface area contributed by atoms with Gasteiger partial charge in [-0.15, -0.1) is 16.4 Å². The van der Waals surface area contributed by atoms with Crippen LogP contribution in [0.15, 0.2) is 6.33 Å². The van der Waals surface area contributed by atoms with Gasteiger partial charge >= 0.3 is 0 Å². The van der Waals surface area contributed by atoms with Crippen molar-refractivity contribution in [1.82, 2.24) is 24.9 Å². The molecule has 0 saturated carbocycles. The Morgan fingerprint density at radius 2 is 2.31 bits per heavy atom. The monoisotopic (exact) mass is 377 g/mol. The quantitative estimate of drug-likeness (QED) is 0.599. The molecule has 0 atom stereocenters. The smallest absolute Gasteiger partial charge is 0.168 e. The molecule has 140 valence electrons. The number of fused-ring (bicyclic) bond motifs is 5. The molecule has 3 aromatic rings. The molecule has 0 radical (unpaired) electrons. The molecule has 2 N–H and O–H groups in total. The zero-order valence-corrected chi connectivity index (χ0v) is 15.8. The average molecular weight is 377 g/mol. The van der Waals surface area contributed by atoms with E-state index in [1.54, 1.807) is 22.2 Å². The van der Waals surface area contributed by atoms with Crippen molar-refractivity contribution in [3.63, 3.8) is 0 Å². The summed E-state index contributed by atoms with van der Waals surface area (Å²) in [7, 11) is 0. The number of thiophene rings is 1. The lowest BCUT2D eigenvalue weighted by atomic mass is 9.94. The predicted octanol–water partition coefficient (Wildman–Crippen LogP) is 1.29. The number of aliphatic hydroxyl groups is 1. The Kier molecular flexibility index (Phi) is 4.89. The first-order chi connectivity index (χ1) is 12.6. The molecule has 0 aliphatic carbocycles. The summed E-state index contributed by atoms with van der Waals surface area (Å²) in [4.78, 5) is 11.5. The zero-order valence-electron chi connectivity index (χ0n) is 15.0. The van der Waals surface area contributed by atoms with E-state index in [2.05, 4.69) is 29.2 Å². The molecule has 0 amide bonds. The van der Waals surface area contributed by atoms with Crippen molar-refractivity contribution in [2.75, 3.05) is 26.4 Å². The first-order valence-electron chi connectivity index (χ1n) is 8.75. The van der Waals surface area contributed by atoms with Crippen LogP contribution in [0.1, 0.15) is 30.1 Å². The maximum atomic E-state index is 8.69. The van der Waals surface area contributed by atoms with Crippen LogP contribution in [-0.2, 0) is 29.0 Å². The van der Waals surface area contributed by atoms with Gasteiger partial charge < -0.3 is 19.9 Å². The Morgan fingerprint density at radius 3 is 3.15 bits per heavy atom. The third-order valence-electron chi connectivity index (χ3n) is 4.39. The highest BCUT2D eigenvalue weighted by molar-refractivity contribution is 7.19. The van der Waals surface area contributed by atoms with Crippen LogP contribution in [0.5, 0.6) is 0 Å². The van der Waals surface area contributed by atoms with E-state index in [0.717, 1.165) is 28.1 Å². The normalized spacial score (nSPS) is 16.4. The fourth-order valence-corrected chi connectivity index (χ4v) is 4.24. The van der Waals surface area contributed by atoms with Gasteiger partial charge in [-0.2, -0.15) is 0 Å². The number of hydrogen-bond acceptors (Lipinski definition) is 8. The number of nitrogens with one attached hydrogen (secondary N) is 1. The first-order valence-corrected chi connectivity index (χ1v) is 9.57. The topological polar surface area (TPSA) is 93.8 Å². The van der Waals surface area contributed by atoms with Crippen LogP contribution in [0.25, 0.3) is 15.9 Å². The second-order valence-corrected chi connectivity index (χ2v) is 8.05. The van der Waals surface area contributed by atoms with Crippen LogP contribution < -0.4 is 5.32 Å². The summed E-state index contributed by atoms with van der Waals surface area (Å²) in [5.74, 6) is 0.729. The van der Waals surface area contributed by atoms with Crippen molar-refractivity contribution >= 4 is 27.2 Å². The highest BCUT2D eigenvalue weighted by Gasteiger charge is 2.30. The van der Waals surface area contributed by atoms with Crippen LogP contribution in [0.4, 0.5) is 0 Å². The van der Waals surface area contributed by atoms with Crippen LogP contribution >= 0.6 is 11.3 Å². The molecule has 8 nitrogen and oxygen atoms in total. The van der Waals surface area contributed by atoms with Gasteiger partial charge in [0.15, 0.2) is 11.5 Å². The molecule has 26 heavy (non-hydrogen) atoms. The molecular formula is C17H23N5O3S. The molecule has 0 bridgehead atoms. The fourth-order valence-electron chi connectivity index (χ4n) is 3.17. The minimum atomic E-state index is -0.174. The van der Waals surface area contributed by atoms with Crippen LogP contribution in [-0.4, -0.2) is 56.7 Å². The maximum Gasteiger partial charge on any atom is 0.168 e. The summed E-state index contributed by atoms with van der Waals surface area (Å²) in [5.41, 5.74) is 1.98. The second-order valence-electron chi connectivity index (χ2n) is 6.96. The van der Waals surface area contributed by atoms with E-state index in [-0.39, 0.29) is 12.2 Å². The average Bonchev–Trinajstić information content (AvgIpc) is 3.17. The number of hydrogen-bond donors (Lipinski definition) is 2. The molecule has 9 heteroatoms. The minimum absolute atomic E-state index is 0.0454. The lowest BCUT2D eigenvalue weighted by Crippen LogP contribution is -2.31. The molecule has 1 aliphatic rings. The molecule has 0 fully saturated rings. The van der Waals surface area contributed by atoms with Gasteiger partial charge in [0.2, 0.25) is 0 Å². The Hall–Kier alpha value is -1.65. The maximum absolute atomic E-state index is 8.69. The third-order valence-corrected chi connectivity index (χ3v) is 5.51. The lowest BCUT2D eigenvalue weighted by Gasteiger charge is -2.30. The predicted molar refractivity (Wildman–Crippen MR) is 98.3 cm³/mol. The molecule has 0 saturated heterocycles. The lowest BCUT2D eigenvalue weighted by molar-refractivity contribution is -0.0379. The summed E-state index contributed by atoms with van der Waals surface area (Å²) in [6.45, 7) is 7.06. The summed E-state index contributed by atoms with van der Waals surface area (Å²) >= 11 is 1.68. The van der Waals surface area contributed by atoms with Crippen LogP contribution in [0.3, 0.4) is 0 Å². The largest absolute Gasteiger partial charge is 0.394 e. The molecule has 0 unspecified atom stereocenters. The van der Waals surface area contributed by atoms with Crippen molar-refractivity contribution in [3.05, 3.63) is 22.6 Å². The highest BCUT2D eigenvalue weighted by Crippen LogP contribution is 2.39. The molecule has 3 aromatic heterocycles.